The van der Waals surface area contributed by atoms with Crippen molar-refractivity contribution in [2.45, 2.75) is 70.5 Å². The van der Waals surface area contributed by atoms with Crippen LogP contribution in [0.3, 0.4) is 0 Å². The summed E-state index contributed by atoms with van der Waals surface area (Å²) in [5, 5.41) is 7.66. The molecular formula is C15H26N4O2. The molecule has 0 aliphatic heterocycles. The molecule has 0 radical (unpaired) electrons. The highest BCUT2D eigenvalue weighted by Gasteiger charge is 2.39. The number of rotatable bonds is 5. The molecule has 0 bridgehead atoms. The zero-order valence-electron chi connectivity index (χ0n) is 13.3. The summed E-state index contributed by atoms with van der Waals surface area (Å²) in [6.07, 6.45) is 7.70. The summed E-state index contributed by atoms with van der Waals surface area (Å²) in [5.41, 5.74) is -0.570. The molecule has 1 saturated carbocycles. The van der Waals surface area contributed by atoms with Crippen molar-refractivity contribution in [3.8, 4) is 0 Å². The number of aromatic nitrogens is 3. The number of methoxy groups -OCH3 is 1. The Bertz CT molecular complexity index is 462. The highest BCUT2D eigenvalue weighted by molar-refractivity contribution is 5.80. The van der Waals surface area contributed by atoms with Gasteiger partial charge in [0.05, 0.1) is 13.7 Å². The Balaban J connectivity index is 2.11. The summed E-state index contributed by atoms with van der Waals surface area (Å²) < 4.78 is 6.94. The van der Waals surface area contributed by atoms with Gasteiger partial charge in [0.25, 0.3) is 0 Å². The summed E-state index contributed by atoms with van der Waals surface area (Å²) in [6, 6.07) is 0.257. The molecule has 6 nitrogen and oxygen atoms in total. The molecule has 1 aromatic heterocycles. The Morgan fingerprint density at radius 2 is 2.05 bits per heavy atom. The molecule has 1 heterocycles. The van der Waals surface area contributed by atoms with Gasteiger partial charge in [-0.1, -0.05) is 25.7 Å². The highest BCUT2D eigenvalue weighted by Crippen LogP contribution is 2.28. The Hall–Kier alpha value is -1.43. The van der Waals surface area contributed by atoms with Gasteiger partial charge in [-0.3, -0.25) is 10.1 Å². The number of ether oxygens (including phenoxy) is 1. The van der Waals surface area contributed by atoms with Crippen molar-refractivity contribution in [3.63, 3.8) is 0 Å². The summed E-state index contributed by atoms with van der Waals surface area (Å²) >= 11 is 0. The van der Waals surface area contributed by atoms with Crippen LogP contribution in [0.25, 0.3) is 0 Å². The van der Waals surface area contributed by atoms with Gasteiger partial charge < -0.3 is 4.74 Å². The van der Waals surface area contributed by atoms with Gasteiger partial charge in [0.15, 0.2) is 0 Å². The van der Waals surface area contributed by atoms with E-state index in [0.717, 1.165) is 31.5 Å². The van der Waals surface area contributed by atoms with Crippen LogP contribution in [0.15, 0.2) is 6.33 Å². The lowest BCUT2D eigenvalue weighted by atomic mass is 9.90. The van der Waals surface area contributed by atoms with Crippen molar-refractivity contribution in [3.05, 3.63) is 12.2 Å². The van der Waals surface area contributed by atoms with Crippen LogP contribution in [-0.4, -0.2) is 33.4 Å². The van der Waals surface area contributed by atoms with E-state index in [2.05, 4.69) is 29.2 Å². The zero-order chi connectivity index (χ0) is 15.3. The Morgan fingerprint density at radius 1 is 1.38 bits per heavy atom. The third kappa shape index (κ3) is 3.61. The first kappa shape index (κ1) is 15.9. The maximum absolute atomic E-state index is 12.3. The number of esters is 1. The number of hydrogen-bond donors (Lipinski definition) is 1. The number of hydrogen-bond acceptors (Lipinski definition) is 5. The van der Waals surface area contributed by atoms with Gasteiger partial charge in [0, 0.05) is 6.04 Å². The predicted molar refractivity (Wildman–Crippen MR) is 79.7 cm³/mol. The first-order valence-corrected chi connectivity index (χ1v) is 7.81. The number of nitrogens with one attached hydrogen (secondary N) is 1. The smallest absolute Gasteiger partial charge is 0.326 e. The largest absolute Gasteiger partial charge is 0.468 e. The fourth-order valence-corrected chi connectivity index (χ4v) is 3.06. The lowest BCUT2D eigenvalue weighted by Crippen LogP contribution is -2.52. The molecule has 118 valence electrons. The number of carbonyl (C=O) groups excluding carboxylic acids is 1. The quantitative estimate of drug-likeness (QED) is 0.666. The minimum absolute atomic E-state index is 0.153. The topological polar surface area (TPSA) is 69.0 Å². The van der Waals surface area contributed by atoms with Crippen molar-refractivity contribution < 1.29 is 9.53 Å². The first-order valence-electron chi connectivity index (χ1n) is 7.81. The van der Waals surface area contributed by atoms with Crippen LogP contribution < -0.4 is 5.32 Å². The van der Waals surface area contributed by atoms with E-state index in [-0.39, 0.29) is 12.0 Å². The van der Waals surface area contributed by atoms with Gasteiger partial charge in [-0.2, -0.15) is 5.10 Å². The van der Waals surface area contributed by atoms with E-state index in [1.165, 1.54) is 20.0 Å². The van der Waals surface area contributed by atoms with Crippen molar-refractivity contribution in [2.24, 2.45) is 0 Å². The first-order chi connectivity index (χ1) is 10.1. The maximum Gasteiger partial charge on any atom is 0.326 e. The second-order valence-corrected chi connectivity index (χ2v) is 6.06. The molecule has 0 amide bonds. The number of nitrogens with zero attached hydrogens (tertiary/aromatic N) is 3. The Morgan fingerprint density at radius 3 is 2.62 bits per heavy atom. The second kappa shape index (κ2) is 7.02. The van der Waals surface area contributed by atoms with Crippen molar-refractivity contribution >= 4 is 5.97 Å². The molecule has 1 fully saturated rings. The van der Waals surface area contributed by atoms with Crippen LogP contribution in [0.4, 0.5) is 0 Å². The van der Waals surface area contributed by atoms with Crippen LogP contribution >= 0.6 is 0 Å². The van der Waals surface area contributed by atoms with E-state index in [4.69, 9.17) is 4.74 Å². The third-order valence-electron chi connectivity index (χ3n) is 4.25. The lowest BCUT2D eigenvalue weighted by Gasteiger charge is -2.31. The molecule has 0 unspecified atom stereocenters. The second-order valence-electron chi connectivity index (χ2n) is 6.06. The van der Waals surface area contributed by atoms with E-state index in [9.17, 15) is 4.79 Å². The van der Waals surface area contributed by atoms with Gasteiger partial charge in [-0.15, -0.1) is 0 Å². The Labute approximate surface area is 126 Å². The van der Waals surface area contributed by atoms with Crippen LogP contribution in [0, 0.1) is 0 Å². The lowest BCUT2D eigenvalue weighted by molar-refractivity contribution is -0.149. The number of carbonyl (C=O) groups is 1. The van der Waals surface area contributed by atoms with Gasteiger partial charge in [-0.25, -0.2) is 9.67 Å². The maximum atomic E-state index is 12.3. The SMILES string of the molecule is COC(=O)C1(NCc2ncnn2C(C)C)CCCCCC1. The van der Waals surface area contributed by atoms with Gasteiger partial charge in [0.1, 0.15) is 17.7 Å². The zero-order valence-corrected chi connectivity index (χ0v) is 13.3. The molecule has 0 spiro atoms. The minimum atomic E-state index is -0.570. The van der Waals surface area contributed by atoms with Crippen LogP contribution in [-0.2, 0) is 16.1 Å². The third-order valence-corrected chi connectivity index (χ3v) is 4.25. The van der Waals surface area contributed by atoms with Gasteiger partial charge in [0.2, 0.25) is 0 Å². The van der Waals surface area contributed by atoms with E-state index < -0.39 is 5.54 Å². The molecule has 1 N–H and O–H groups in total. The molecule has 2 rings (SSSR count). The van der Waals surface area contributed by atoms with E-state index in [1.807, 2.05) is 4.68 Å². The van der Waals surface area contributed by atoms with E-state index in [0.29, 0.717) is 6.54 Å². The fraction of sp³-hybridized carbons (Fsp3) is 0.800. The molecule has 21 heavy (non-hydrogen) atoms. The average Bonchev–Trinajstić information content (AvgIpc) is 2.82. The van der Waals surface area contributed by atoms with Crippen molar-refractivity contribution in [2.75, 3.05) is 7.11 Å². The van der Waals surface area contributed by atoms with Gasteiger partial charge >= 0.3 is 5.97 Å². The molecule has 0 saturated heterocycles. The molecule has 1 aliphatic carbocycles. The van der Waals surface area contributed by atoms with Crippen molar-refractivity contribution in [1.29, 1.82) is 0 Å². The van der Waals surface area contributed by atoms with Gasteiger partial charge in [-0.05, 0) is 26.7 Å². The fourth-order valence-electron chi connectivity index (χ4n) is 3.06. The predicted octanol–water partition coefficient (Wildman–Crippen LogP) is 2.21. The monoisotopic (exact) mass is 294 g/mol. The average molecular weight is 294 g/mol. The molecular weight excluding hydrogens is 268 g/mol. The molecule has 1 aromatic rings. The standard InChI is InChI=1S/C15H26N4O2/c1-12(2)19-13(16-11-18-19)10-17-15(14(20)21-3)8-6-4-5-7-9-15/h11-12,17H,4-10H2,1-3H3. The van der Waals surface area contributed by atoms with Crippen molar-refractivity contribution in [1.82, 2.24) is 20.1 Å². The summed E-state index contributed by atoms with van der Waals surface area (Å²) in [4.78, 5) is 16.6. The summed E-state index contributed by atoms with van der Waals surface area (Å²) in [7, 11) is 1.47. The molecule has 6 heteroatoms. The molecule has 0 atom stereocenters. The Kier molecular flexibility index (Phi) is 5.33. The molecule has 1 aliphatic rings. The summed E-state index contributed by atoms with van der Waals surface area (Å²) in [6.45, 7) is 4.67. The minimum Gasteiger partial charge on any atom is -0.468 e. The normalized spacial score (nSPS) is 18.5. The van der Waals surface area contributed by atoms with E-state index in [1.54, 1.807) is 6.33 Å². The van der Waals surface area contributed by atoms with Crippen LogP contribution in [0.1, 0.15) is 64.2 Å². The highest BCUT2D eigenvalue weighted by atomic mass is 16.5. The molecule has 0 aromatic carbocycles. The van der Waals surface area contributed by atoms with Crippen LogP contribution in [0.5, 0.6) is 0 Å². The van der Waals surface area contributed by atoms with E-state index >= 15 is 0 Å². The van der Waals surface area contributed by atoms with Crippen LogP contribution in [0.2, 0.25) is 0 Å². The summed E-state index contributed by atoms with van der Waals surface area (Å²) in [5.74, 6) is 0.706.